The number of thiazole rings is 1. The highest BCUT2D eigenvalue weighted by molar-refractivity contribution is 9.10. The number of halogens is 1. The van der Waals surface area contributed by atoms with Gasteiger partial charge in [-0.25, -0.2) is 9.78 Å². The van der Waals surface area contributed by atoms with Crippen LogP contribution in [0.25, 0.3) is 0 Å². The Hall–Kier alpha value is -1.80. The summed E-state index contributed by atoms with van der Waals surface area (Å²) in [6.07, 6.45) is 1.66. The van der Waals surface area contributed by atoms with Crippen LogP contribution in [0.15, 0.2) is 22.0 Å². The summed E-state index contributed by atoms with van der Waals surface area (Å²) in [7, 11) is 0. The van der Waals surface area contributed by atoms with Crippen molar-refractivity contribution in [3.63, 3.8) is 0 Å². The smallest absolute Gasteiger partial charge is 0.319 e. The minimum atomic E-state index is -0.265. The fraction of sp³-hybridized carbons (Fsp3) is 0.375. The van der Waals surface area contributed by atoms with E-state index in [0.717, 1.165) is 21.6 Å². The van der Waals surface area contributed by atoms with E-state index in [0.29, 0.717) is 43.4 Å². The van der Waals surface area contributed by atoms with Crippen LogP contribution in [0, 0.1) is 0 Å². The van der Waals surface area contributed by atoms with Gasteiger partial charge in [0.25, 0.3) is 0 Å². The van der Waals surface area contributed by atoms with Crippen molar-refractivity contribution in [2.75, 3.05) is 25.1 Å². The lowest BCUT2D eigenvalue weighted by molar-refractivity contribution is 0.171. The summed E-state index contributed by atoms with van der Waals surface area (Å²) < 4.78 is 11.8. The predicted molar refractivity (Wildman–Crippen MR) is 97.3 cm³/mol. The average Bonchev–Trinajstić information content (AvgIpc) is 3.03. The number of aryl methyl sites for hydroxylation is 1. The molecule has 2 N–H and O–H groups in total. The van der Waals surface area contributed by atoms with E-state index in [1.807, 2.05) is 5.38 Å². The van der Waals surface area contributed by atoms with Crippen LogP contribution in [0.4, 0.5) is 10.5 Å². The number of nitrogens with zero attached hydrogens (tertiary/aromatic N) is 1. The van der Waals surface area contributed by atoms with Crippen molar-refractivity contribution in [2.45, 2.75) is 19.8 Å². The van der Waals surface area contributed by atoms with Crippen LogP contribution in [0.2, 0.25) is 0 Å². The molecule has 128 valence electrons. The van der Waals surface area contributed by atoms with E-state index >= 15 is 0 Å². The molecule has 0 unspecified atom stereocenters. The molecule has 3 rings (SSSR count). The second-order valence-corrected chi connectivity index (χ2v) is 6.99. The van der Waals surface area contributed by atoms with E-state index in [-0.39, 0.29) is 6.03 Å². The fourth-order valence-electron chi connectivity index (χ4n) is 2.26. The summed E-state index contributed by atoms with van der Waals surface area (Å²) in [5.41, 5.74) is 1.65. The van der Waals surface area contributed by atoms with E-state index in [4.69, 9.17) is 9.47 Å². The Balaban J connectivity index is 1.53. The van der Waals surface area contributed by atoms with Crippen molar-refractivity contribution in [1.82, 2.24) is 10.3 Å². The molecule has 1 aromatic heterocycles. The number of carbonyl (C=O) groups is 1. The number of carbonyl (C=O) groups excluding carboxylic acids is 1. The lowest BCUT2D eigenvalue weighted by Crippen LogP contribution is -2.30. The van der Waals surface area contributed by atoms with Crippen molar-refractivity contribution >= 4 is 39.0 Å². The highest BCUT2D eigenvalue weighted by atomic mass is 79.9. The molecule has 0 spiro atoms. The number of amides is 2. The molecule has 0 atom stereocenters. The number of nitrogens with one attached hydrogen (secondary N) is 2. The zero-order valence-electron chi connectivity index (χ0n) is 13.2. The molecule has 0 aliphatic carbocycles. The monoisotopic (exact) mass is 411 g/mol. The maximum atomic E-state index is 12.1. The Bertz CT molecular complexity index is 735. The first-order valence-corrected chi connectivity index (χ1v) is 9.40. The van der Waals surface area contributed by atoms with Crippen molar-refractivity contribution in [3.05, 3.63) is 32.7 Å². The third-order valence-corrected chi connectivity index (χ3v) is 5.15. The minimum absolute atomic E-state index is 0.265. The van der Waals surface area contributed by atoms with Gasteiger partial charge in [-0.3, -0.25) is 0 Å². The van der Waals surface area contributed by atoms with Crippen molar-refractivity contribution in [2.24, 2.45) is 0 Å². The number of hydrogen-bond donors (Lipinski definition) is 2. The molecule has 0 fully saturated rings. The third-order valence-electron chi connectivity index (χ3n) is 3.45. The average molecular weight is 412 g/mol. The molecule has 2 aromatic rings. The standard InChI is InChI=1S/C16H18BrN3O3S/c1-2-15-19-10(9-24-15)3-4-18-16(21)20-12-8-14-13(7-11(12)17)22-5-6-23-14/h7-9H,2-6H2,1H3,(H2,18,20,21). The topological polar surface area (TPSA) is 72.5 Å². The molecule has 1 aliphatic rings. The predicted octanol–water partition coefficient (Wildman–Crippen LogP) is 3.60. The molecule has 2 heterocycles. The molecule has 8 heteroatoms. The highest BCUT2D eigenvalue weighted by Gasteiger charge is 2.16. The van der Waals surface area contributed by atoms with Crippen LogP contribution in [0.1, 0.15) is 17.6 Å². The summed E-state index contributed by atoms with van der Waals surface area (Å²) in [6, 6.07) is 3.29. The third kappa shape index (κ3) is 4.18. The summed E-state index contributed by atoms with van der Waals surface area (Å²) in [5, 5.41) is 8.81. The molecular weight excluding hydrogens is 394 g/mol. The molecule has 0 bridgehead atoms. The first-order valence-electron chi connectivity index (χ1n) is 7.73. The number of fused-ring (bicyclic) bond motifs is 1. The summed E-state index contributed by atoms with van der Waals surface area (Å²) in [6.45, 7) is 3.65. The van der Waals surface area contributed by atoms with E-state index < -0.39 is 0 Å². The van der Waals surface area contributed by atoms with Gasteiger partial charge >= 0.3 is 6.03 Å². The van der Waals surface area contributed by atoms with Crippen molar-refractivity contribution < 1.29 is 14.3 Å². The van der Waals surface area contributed by atoms with E-state index in [1.54, 1.807) is 23.5 Å². The Kier molecular flexibility index (Phi) is 5.57. The van der Waals surface area contributed by atoms with E-state index in [1.165, 1.54) is 0 Å². The van der Waals surface area contributed by atoms with E-state index in [2.05, 4.69) is 38.5 Å². The summed E-state index contributed by atoms with van der Waals surface area (Å²) in [4.78, 5) is 16.5. The van der Waals surface area contributed by atoms with Crippen LogP contribution in [-0.2, 0) is 12.8 Å². The van der Waals surface area contributed by atoms with Gasteiger partial charge in [0.05, 0.1) is 16.4 Å². The Morgan fingerprint density at radius 3 is 2.79 bits per heavy atom. The quantitative estimate of drug-likeness (QED) is 0.787. The number of urea groups is 1. The minimum Gasteiger partial charge on any atom is -0.486 e. The zero-order valence-corrected chi connectivity index (χ0v) is 15.6. The number of hydrogen-bond acceptors (Lipinski definition) is 5. The van der Waals surface area contributed by atoms with Gasteiger partial charge in [-0.2, -0.15) is 0 Å². The van der Waals surface area contributed by atoms with Gasteiger partial charge in [0, 0.05) is 35.0 Å². The van der Waals surface area contributed by atoms with Crippen molar-refractivity contribution in [1.29, 1.82) is 0 Å². The van der Waals surface area contributed by atoms with Crippen LogP contribution in [0.3, 0.4) is 0 Å². The van der Waals surface area contributed by atoms with Gasteiger partial charge in [0.15, 0.2) is 11.5 Å². The second kappa shape index (κ2) is 7.85. The zero-order chi connectivity index (χ0) is 16.9. The highest BCUT2D eigenvalue weighted by Crippen LogP contribution is 2.38. The van der Waals surface area contributed by atoms with Gasteiger partial charge < -0.3 is 20.1 Å². The molecule has 6 nitrogen and oxygen atoms in total. The SMILES string of the molecule is CCc1nc(CCNC(=O)Nc2cc3c(cc2Br)OCCO3)cs1. The molecule has 0 saturated heterocycles. The summed E-state index contributed by atoms with van der Waals surface area (Å²) in [5.74, 6) is 1.31. The molecule has 0 saturated carbocycles. The molecule has 1 aliphatic heterocycles. The normalized spacial score (nSPS) is 12.8. The first-order chi connectivity index (χ1) is 11.7. The molecule has 0 radical (unpaired) electrons. The first kappa shape index (κ1) is 17.0. The molecular formula is C16H18BrN3O3S. The lowest BCUT2D eigenvalue weighted by Gasteiger charge is -2.20. The van der Waals surface area contributed by atoms with Gasteiger partial charge in [-0.15, -0.1) is 11.3 Å². The number of benzene rings is 1. The van der Waals surface area contributed by atoms with Crippen molar-refractivity contribution in [3.8, 4) is 11.5 Å². The maximum absolute atomic E-state index is 12.1. The van der Waals surface area contributed by atoms with Gasteiger partial charge in [0.2, 0.25) is 0 Å². The Morgan fingerprint density at radius 1 is 1.33 bits per heavy atom. The molecule has 1 aromatic carbocycles. The second-order valence-electron chi connectivity index (χ2n) is 5.19. The number of aromatic nitrogens is 1. The summed E-state index contributed by atoms with van der Waals surface area (Å²) >= 11 is 5.09. The number of anilines is 1. The Labute approximate surface area is 152 Å². The fourth-order valence-corrected chi connectivity index (χ4v) is 3.46. The van der Waals surface area contributed by atoms with Gasteiger partial charge in [-0.1, -0.05) is 6.92 Å². The number of rotatable bonds is 5. The lowest BCUT2D eigenvalue weighted by atomic mass is 10.2. The van der Waals surface area contributed by atoms with Gasteiger partial charge in [-0.05, 0) is 22.4 Å². The van der Waals surface area contributed by atoms with Crippen LogP contribution in [-0.4, -0.2) is 30.8 Å². The maximum Gasteiger partial charge on any atom is 0.319 e. The molecule has 2 amide bonds. The van der Waals surface area contributed by atoms with Crippen LogP contribution >= 0.6 is 27.3 Å². The van der Waals surface area contributed by atoms with Gasteiger partial charge in [0.1, 0.15) is 13.2 Å². The molecule has 24 heavy (non-hydrogen) atoms. The van der Waals surface area contributed by atoms with Crippen LogP contribution in [0.5, 0.6) is 11.5 Å². The number of ether oxygens (including phenoxy) is 2. The largest absolute Gasteiger partial charge is 0.486 e. The Morgan fingerprint density at radius 2 is 2.08 bits per heavy atom. The van der Waals surface area contributed by atoms with Crippen LogP contribution < -0.4 is 20.1 Å². The van der Waals surface area contributed by atoms with E-state index in [9.17, 15) is 4.79 Å².